The second kappa shape index (κ2) is 6.07. The van der Waals surface area contributed by atoms with Gasteiger partial charge in [0.05, 0.1) is 0 Å². The highest BCUT2D eigenvalue weighted by Crippen LogP contribution is 1.99. The molecule has 14 heavy (non-hydrogen) atoms. The van der Waals surface area contributed by atoms with Crippen molar-refractivity contribution in [1.82, 2.24) is 0 Å². The first-order valence-electron chi connectivity index (χ1n) is 4.26. The molecule has 0 radical (unpaired) electrons. The van der Waals surface area contributed by atoms with Gasteiger partial charge in [0.15, 0.2) is 5.78 Å². The van der Waals surface area contributed by atoms with E-state index in [1.54, 1.807) is 6.92 Å². The van der Waals surface area contributed by atoms with Gasteiger partial charge in [0, 0.05) is 12.0 Å². The van der Waals surface area contributed by atoms with E-state index in [-0.39, 0.29) is 24.6 Å². The average molecular weight is 198 g/mol. The van der Waals surface area contributed by atoms with Gasteiger partial charge in [-0.05, 0) is 20.8 Å². The molecule has 0 saturated heterocycles. The lowest BCUT2D eigenvalue weighted by molar-refractivity contribution is -0.143. The van der Waals surface area contributed by atoms with Gasteiger partial charge in [-0.2, -0.15) is 0 Å². The first-order valence-corrected chi connectivity index (χ1v) is 4.26. The molecule has 0 heterocycles. The molecule has 0 rings (SSSR count). The van der Waals surface area contributed by atoms with E-state index in [4.69, 9.17) is 0 Å². The van der Waals surface area contributed by atoms with Crippen molar-refractivity contribution < 1.29 is 19.1 Å². The van der Waals surface area contributed by atoms with Crippen LogP contribution in [0.2, 0.25) is 0 Å². The third-order valence-corrected chi connectivity index (χ3v) is 1.42. The molecule has 4 heteroatoms. The summed E-state index contributed by atoms with van der Waals surface area (Å²) in [5.41, 5.74) is 0.349. The number of allylic oxidation sites excluding steroid dienone is 1. The smallest absolute Gasteiger partial charge is 0.333 e. The van der Waals surface area contributed by atoms with E-state index < -0.39 is 5.97 Å². The van der Waals surface area contributed by atoms with Gasteiger partial charge in [0.1, 0.15) is 12.4 Å². The molecule has 78 valence electrons. The molecule has 0 aliphatic rings. The van der Waals surface area contributed by atoms with Gasteiger partial charge in [-0.15, -0.1) is 0 Å². The molecule has 4 nitrogen and oxygen atoms in total. The van der Waals surface area contributed by atoms with Crippen LogP contribution in [0.4, 0.5) is 0 Å². The van der Waals surface area contributed by atoms with E-state index in [0.29, 0.717) is 5.57 Å². The van der Waals surface area contributed by atoms with Crippen LogP contribution in [0.5, 0.6) is 0 Å². The lowest BCUT2D eigenvalue weighted by Crippen LogP contribution is -2.12. The summed E-state index contributed by atoms with van der Waals surface area (Å²) in [6.07, 6.45) is 1.70. The Morgan fingerprint density at radius 3 is 2.07 bits per heavy atom. The zero-order valence-corrected chi connectivity index (χ0v) is 8.62. The van der Waals surface area contributed by atoms with Crippen LogP contribution in [0.3, 0.4) is 0 Å². The number of carbonyl (C=O) groups excluding carboxylic acids is 3. The predicted molar refractivity (Wildman–Crippen MR) is 50.7 cm³/mol. The molecule has 0 atom stereocenters. The zero-order valence-electron chi connectivity index (χ0n) is 8.62. The van der Waals surface area contributed by atoms with Crippen molar-refractivity contribution in [2.45, 2.75) is 27.2 Å². The summed E-state index contributed by atoms with van der Waals surface area (Å²) < 4.78 is 4.63. The van der Waals surface area contributed by atoms with E-state index in [9.17, 15) is 14.4 Å². The molecule has 0 saturated carbocycles. The number of esters is 1. The van der Waals surface area contributed by atoms with E-state index in [1.165, 1.54) is 19.9 Å². The molecular formula is C10H14O4. The van der Waals surface area contributed by atoms with Crippen LogP contribution in [0.15, 0.2) is 11.6 Å². The van der Waals surface area contributed by atoms with Crippen LogP contribution in [0.1, 0.15) is 27.2 Å². The number of ketones is 2. The summed E-state index contributed by atoms with van der Waals surface area (Å²) in [6, 6.07) is 0. The van der Waals surface area contributed by atoms with Crippen LogP contribution in [-0.4, -0.2) is 24.1 Å². The van der Waals surface area contributed by atoms with Crippen molar-refractivity contribution >= 4 is 17.5 Å². The van der Waals surface area contributed by atoms with Crippen LogP contribution in [0.25, 0.3) is 0 Å². The molecule has 0 aliphatic carbocycles. The Morgan fingerprint density at radius 1 is 1.07 bits per heavy atom. The minimum atomic E-state index is -0.554. The second-order valence-corrected chi connectivity index (χ2v) is 3.07. The van der Waals surface area contributed by atoms with E-state index in [1.807, 2.05) is 0 Å². The maximum Gasteiger partial charge on any atom is 0.333 e. The third kappa shape index (κ3) is 6.11. The van der Waals surface area contributed by atoms with Crippen molar-refractivity contribution in [3.63, 3.8) is 0 Å². The van der Waals surface area contributed by atoms with Gasteiger partial charge in [0.2, 0.25) is 0 Å². The maximum atomic E-state index is 11.1. The fraction of sp³-hybridized carbons (Fsp3) is 0.500. The Labute approximate surface area is 82.9 Å². The number of Topliss-reactive ketones (excluding diaryl/α,β-unsaturated/α-hetero) is 2. The van der Waals surface area contributed by atoms with Gasteiger partial charge < -0.3 is 4.74 Å². The van der Waals surface area contributed by atoms with Crippen molar-refractivity contribution in [2.24, 2.45) is 0 Å². The SMILES string of the molecule is CC(=O)CC=C(C)C(=O)OCC(C)=O. The Kier molecular flexibility index (Phi) is 5.44. The van der Waals surface area contributed by atoms with Crippen molar-refractivity contribution in [2.75, 3.05) is 6.61 Å². The lowest BCUT2D eigenvalue weighted by atomic mass is 10.2. The number of rotatable bonds is 5. The first-order chi connectivity index (χ1) is 6.43. The fourth-order valence-corrected chi connectivity index (χ4v) is 0.661. The maximum absolute atomic E-state index is 11.1. The number of hydrogen-bond acceptors (Lipinski definition) is 4. The molecule has 0 aromatic carbocycles. The Balaban J connectivity index is 4.04. The quantitative estimate of drug-likeness (QED) is 0.489. The summed E-state index contributed by atoms with van der Waals surface area (Å²) in [5, 5.41) is 0. The lowest BCUT2D eigenvalue weighted by Gasteiger charge is -2.01. The molecule has 0 N–H and O–H groups in total. The fourth-order valence-electron chi connectivity index (χ4n) is 0.661. The highest BCUT2D eigenvalue weighted by atomic mass is 16.5. The second-order valence-electron chi connectivity index (χ2n) is 3.07. The van der Waals surface area contributed by atoms with E-state index in [0.717, 1.165) is 0 Å². The number of hydrogen-bond donors (Lipinski definition) is 0. The third-order valence-electron chi connectivity index (χ3n) is 1.42. The van der Waals surface area contributed by atoms with Gasteiger partial charge in [-0.3, -0.25) is 9.59 Å². The normalized spacial score (nSPS) is 10.9. The molecule has 0 aromatic heterocycles. The number of carbonyl (C=O) groups is 3. The molecule has 0 spiro atoms. The van der Waals surface area contributed by atoms with Crippen molar-refractivity contribution in [3.05, 3.63) is 11.6 Å². The first kappa shape index (κ1) is 12.6. The molecule has 0 bridgehead atoms. The minimum Gasteiger partial charge on any atom is -0.454 e. The molecular weight excluding hydrogens is 184 g/mol. The Hall–Kier alpha value is -1.45. The molecule has 0 amide bonds. The van der Waals surface area contributed by atoms with E-state index in [2.05, 4.69) is 4.74 Å². The minimum absolute atomic E-state index is 0.0243. The monoisotopic (exact) mass is 198 g/mol. The molecule has 0 unspecified atom stereocenters. The van der Waals surface area contributed by atoms with E-state index >= 15 is 0 Å². The van der Waals surface area contributed by atoms with Crippen LogP contribution in [-0.2, 0) is 19.1 Å². The molecule has 0 fully saturated rings. The van der Waals surface area contributed by atoms with Gasteiger partial charge in [0.25, 0.3) is 0 Å². The summed E-state index contributed by atoms with van der Waals surface area (Å²) in [5.74, 6) is -0.789. The van der Waals surface area contributed by atoms with Crippen molar-refractivity contribution in [3.8, 4) is 0 Å². The summed E-state index contributed by atoms with van der Waals surface area (Å²) in [4.78, 5) is 32.2. The molecule has 0 aliphatic heterocycles. The summed E-state index contributed by atoms with van der Waals surface area (Å²) >= 11 is 0. The highest BCUT2D eigenvalue weighted by Gasteiger charge is 2.06. The average Bonchev–Trinajstić information content (AvgIpc) is 2.09. The summed E-state index contributed by atoms with van der Waals surface area (Å²) in [6.45, 7) is 4.10. The van der Waals surface area contributed by atoms with Crippen LogP contribution < -0.4 is 0 Å². The van der Waals surface area contributed by atoms with Gasteiger partial charge in [-0.25, -0.2) is 4.79 Å². The van der Waals surface area contributed by atoms with Gasteiger partial charge >= 0.3 is 5.97 Å². The zero-order chi connectivity index (χ0) is 11.1. The van der Waals surface area contributed by atoms with Gasteiger partial charge in [-0.1, -0.05) is 6.08 Å². The Bertz CT molecular complexity index is 276. The Morgan fingerprint density at radius 2 is 1.64 bits per heavy atom. The number of ether oxygens (including phenoxy) is 1. The van der Waals surface area contributed by atoms with Crippen LogP contribution in [0, 0.1) is 0 Å². The topological polar surface area (TPSA) is 60.4 Å². The predicted octanol–water partition coefficient (Wildman–Crippen LogP) is 1.04. The van der Waals surface area contributed by atoms with Crippen molar-refractivity contribution in [1.29, 1.82) is 0 Å². The summed E-state index contributed by atoms with van der Waals surface area (Å²) in [7, 11) is 0. The largest absolute Gasteiger partial charge is 0.454 e. The molecule has 0 aromatic rings. The van der Waals surface area contributed by atoms with Crippen LogP contribution >= 0.6 is 0 Å². The standard InChI is InChI=1S/C10H14O4/c1-7(4-5-8(2)11)10(13)14-6-9(3)12/h4H,5-6H2,1-3H3. The highest BCUT2D eigenvalue weighted by molar-refractivity contribution is 5.90.